The molecule has 1 aliphatic carbocycles. The van der Waals surface area contributed by atoms with Crippen molar-refractivity contribution in [3.05, 3.63) is 0 Å². The van der Waals surface area contributed by atoms with Crippen LogP contribution in [0.5, 0.6) is 0 Å². The number of carbonyl (C=O) groups excluding carboxylic acids is 1. The van der Waals surface area contributed by atoms with E-state index in [1.54, 1.807) is 0 Å². The summed E-state index contributed by atoms with van der Waals surface area (Å²) in [4.78, 5) is 11.9. The highest BCUT2D eigenvalue weighted by Gasteiger charge is 2.64. The lowest BCUT2D eigenvalue weighted by atomic mass is 9.80. The van der Waals surface area contributed by atoms with Crippen LogP contribution >= 0.6 is 0 Å². The molecular formula is C10H15NO3. The van der Waals surface area contributed by atoms with Crippen LogP contribution in [0.2, 0.25) is 0 Å². The third-order valence-electron chi connectivity index (χ3n) is 3.86. The fraction of sp³-hybridized carbons (Fsp3) is 0.900. The maximum absolute atomic E-state index is 11.9. The molecule has 2 spiro atoms. The number of fused-ring (bicyclic) bond motifs is 1. The van der Waals surface area contributed by atoms with Gasteiger partial charge < -0.3 is 14.8 Å². The second kappa shape index (κ2) is 2.70. The maximum atomic E-state index is 11.9. The monoisotopic (exact) mass is 197 g/mol. The normalized spacial score (nSPS) is 39.9. The van der Waals surface area contributed by atoms with Gasteiger partial charge in [0, 0.05) is 13.0 Å². The van der Waals surface area contributed by atoms with E-state index in [1.807, 2.05) is 0 Å². The lowest BCUT2D eigenvalue weighted by Crippen LogP contribution is -2.49. The molecule has 0 aromatic rings. The van der Waals surface area contributed by atoms with Gasteiger partial charge in [0.2, 0.25) is 5.91 Å². The Morgan fingerprint density at radius 1 is 1.14 bits per heavy atom. The first-order valence-corrected chi connectivity index (χ1v) is 5.35. The van der Waals surface area contributed by atoms with E-state index in [2.05, 4.69) is 5.32 Å². The summed E-state index contributed by atoms with van der Waals surface area (Å²) in [5.41, 5.74) is -0.372. The van der Waals surface area contributed by atoms with Gasteiger partial charge in [-0.15, -0.1) is 0 Å². The molecule has 14 heavy (non-hydrogen) atoms. The lowest BCUT2D eigenvalue weighted by Gasteiger charge is -2.36. The third kappa shape index (κ3) is 0.834. The zero-order chi connectivity index (χ0) is 9.65. The van der Waals surface area contributed by atoms with Crippen LogP contribution in [-0.4, -0.2) is 31.5 Å². The number of nitrogens with one attached hydrogen (secondary N) is 1. The van der Waals surface area contributed by atoms with E-state index in [9.17, 15) is 4.79 Å². The molecule has 1 amide bonds. The van der Waals surface area contributed by atoms with Gasteiger partial charge in [-0.05, 0) is 19.3 Å². The third-order valence-corrected chi connectivity index (χ3v) is 3.86. The standard InChI is InChI=1S/C10H15NO3/c12-8-9(4-5-11-8)2-1-3-10(9)13-6-7-14-10/h1-7H2,(H,11,12)/t9-/m1/s1. The zero-order valence-electron chi connectivity index (χ0n) is 8.17. The average molecular weight is 197 g/mol. The van der Waals surface area contributed by atoms with E-state index in [4.69, 9.17) is 9.47 Å². The largest absolute Gasteiger partial charge is 0.355 e. The molecule has 3 fully saturated rings. The van der Waals surface area contributed by atoms with Crippen molar-refractivity contribution in [3.8, 4) is 0 Å². The van der Waals surface area contributed by atoms with Gasteiger partial charge >= 0.3 is 0 Å². The minimum Gasteiger partial charge on any atom is -0.355 e. The van der Waals surface area contributed by atoms with Crippen LogP contribution < -0.4 is 5.32 Å². The number of rotatable bonds is 0. The molecule has 2 heterocycles. The number of ether oxygens (including phenoxy) is 2. The lowest BCUT2D eigenvalue weighted by molar-refractivity contribution is -0.216. The van der Waals surface area contributed by atoms with Crippen LogP contribution in [0.3, 0.4) is 0 Å². The molecule has 0 aromatic heterocycles. The summed E-state index contributed by atoms with van der Waals surface area (Å²) in [7, 11) is 0. The second-order valence-electron chi connectivity index (χ2n) is 4.39. The molecule has 4 nitrogen and oxygen atoms in total. The average Bonchev–Trinajstić information content (AvgIpc) is 2.84. The van der Waals surface area contributed by atoms with Gasteiger partial charge in [0.05, 0.1) is 13.2 Å². The molecule has 0 bridgehead atoms. The topological polar surface area (TPSA) is 47.6 Å². The van der Waals surface area contributed by atoms with Crippen LogP contribution in [-0.2, 0) is 14.3 Å². The first-order valence-electron chi connectivity index (χ1n) is 5.35. The van der Waals surface area contributed by atoms with E-state index in [0.29, 0.717) is 13.2 Å². The fourth-order valence-electron chi connectivity index (χ4n) is 3.20. The molecule has 0 radical (unpaired) electrons. The summed E-state index contributed by atoms with van der Waals surface area (Å²) < 4.78 is 11.5. The zero-order valence-corrected chi connectivity index (χ0v) is 8.17. The Kier molecular flexibility index (Phi) is 1.67. The van der Waals surface area contributed by atoms with Crippen molar-refractivity contribution < 1.29 is 14.3 Å². The summed E-state index contributed by atoms with van der Waals surface area (Å²) in [6.07, 6.45) is 3.69. The molecule has 3 rings (SSSR count). The van der Waals surface area contributed by atoms with E-state index >= 15 is 0 Å². The van der Waals surface area contributed by atoms with Gasteiger partial charge in [0.1, 0.15) is 5.41 Å². The smallest absolute Gasteiger partial charge is 0.231 e. The molecule has 4 heteroatoms. The number of hydrogen-bond acceptors (Lipinski definition) is 3. The van der Waals surface area contributed by atoms with Crippen molar-refractivity contribution in [1.29, 1.82) is 0 Å². The minimum atomic E-state index is -0.576. The molecule has 0 aromatic carbocycles. The van der Waals surface area contributed by atoms with E-state index in [-0.39, 0.29) is 11.3 Å². The van der Waals surface area contributed by atoms with Crippen molar-refractivity contribution in [1.82, 2.24) is 5.32 Å². The van der Waals surface area contributed by atoms with Gasteiger partial charge in [-0.3, -0.25) is 4.79 Å². The Labute approximate surface area is 82.9 Å². The highest BCUT2D eigenvalue weighted by molar-refractivity contribution is 5.86. The molecule has 1 saturated carbocycles. The van der Waals surface area contributed by atoms with Crippen molar-refractivity contribution in [3.63, 3.8) is 0 Å². The summed E-state index contributed by atoms with van der Waals surface area (Å²) in [6, 6.07) is 0. The number of carbonyl (C=O) groups is 1. The van der Waals surface area contributed by atoms with E-state index in [0.717, 1.165) is 32.2 Å². The van der Waals surface area contributed by atoms with Gasteiger partial charge in [-0.25, -0.2) is 0 Å². The summed E-state index contributed by atoms with van der Waals surface area (Å²) >= 11 is 0. The summed E-state index contributed by atoms with van der Waals surface area (Å²) in [5, 5.41) is 2.90. The maximum Gasteiger partial charge on any atom is 0.231 e. The quantitative estimate of drug-likeness (QED) is 0.612. The molecule has 2 aliphatic heterocycles. The second-order valence-corrected chi connectivity index (χ2v) is 4.39. The van der Waals surface area contributed by atoms with Gasteiger partial charge in [0.25, 0.3) is 0 Å². The number of hydrogen-bond donors (Lipinski definition) is 1. The Morgan fingerprint density at radius 3 is 2.57 bits per heavy atom. The Bertz CT molecular complexity index is 263. The predicted molar refractivity (Wildman–Crippen MR) is 48.5 cm³/mol. The molecule has 0 unspecified atom stereocenters. The van der Waals surface area contributed by atoms with Crippen molar-refractivity contribution in [2.75, 3.05) is 19.8 Å². The highest BCUT2D eigenvalue weighted by atomic mass is 16.7. The van der Waals surface area contributed by atoms with Crippen LogP contribution in [0, 0.1) is 5.41 Å². The summed E-state index contributed by atoms with van der Waals surface area (Å²) in [5.74, 6) is -0.440. The first-order chi connectivity index (χ1) is 6.79. The minimum absolute atomic E-state index is 0.136. The van der Waals surface area contributed by atoms with E-state index < -0.39 is 5.79 Å². The molecule has 3 aliphatic rings. The highest BCUT2D eigenvalue weighted by Crippen LogP contribution is 2.55. The van der Waals surface area contributed by atoms with Crippen LogP contribution in [0.15, 0.2) is 0 Å². The van der Waals surface area contributed by atoms with Crippen molar-refractivity contribution >= 4 is 5.91 Å². The molecule has 78 valence electrons. The van der Waals surface area contributed by atoms with E-state index in [1.165, 1.54) is 0 Å². The van der Waals surface area contributed by atoms with Crippen molar-refractivity contribution in [2.45, 2.75) is 31.5 Å². The van der Waals surface area contributed by atoms with Crippen LogP contribution in [0.4, 0.5) is 0 Å². The van der Waals surface area contributed by atoms with Crippen LogP contribution in [0.25, 0.3) is 0 Å². The van der Waals surface area contributed by atoms with Crippen LogP contribution in [0.1, 0.15) is 25.7 Å². The molecule has 1 N–H and O–H groups in total. The Morgan fingerprint density at radius 2 is 1.93 bits per heavy atom. The summed E-state index contributed by atoms with van der Waals surface area (Å²) in [6.45, 7) is 2.04. The van der Waals surface area contributed by atoms with Gasteiger partial charge in [-0.1, -0.05) is 0 Å². The van der Waals surface area contributed by atoms with Crippen molar-refractivity contribution in [2.24, 2.45) is 5.41 Å². The number of amides is 1. The SMILES string of the molecule is O=C1NCC[C@]12CCCC21OCCO1. The van der Waals surface area contributed by atoms with Gasteiger partial charge in [0.15, 0.2) is 5.79 Å². The molecule has 1 atom stereocenters. The predicted octanol–water partition coefficient (Wildman–Crippen LogP) is 0.420. The Hall–Kier alpha value is -0.610. The molecule has 2 saturated heterocycles. The Balaban J connectivity index is 2.00. The molecular weight excluding hydrogens is 182 g/mol. The van der Waals surface area contributed by atoms with Gasteiger partial charge in [-0.2, -0.15) is 0 Å². The first kappa shape index (κ1) is 8.68. The fourth-order valence-corrected chi connectivity index (χ4v) is 3.20.